The quantitative estimate of drug-likeness (QED) is 0.368. The van der Waals surface area contributed by atoms with Gasteiger partial charge in [-0.2, -0.15) is 0 Å². The zero-order valence-corrected chi connectivity index (χ0v) is 12.3. The molecule has 0 spiro atoms. The molecule has 0 aliphatic rings. The SMILES string of the molecule is C=CC(=O)OC(O)(COc1ccccc1)C(=O)c1ccccc1. The summed E-state index contributed by atoms with van der Waals surface area (Å²) in [6.45, 7) is 2.72. The van der Waals surface area contributed by atoms with Gasteiger partial charge < -0.3 is 14.6 Å². The highest BCUT2D eigenvalue weighted by Crippen LogP contribution is 2.19. The van der Waals surface area contributed by atoms with Gasteiger partial charge in [-0.05, 0) is 12.1 Å². The molecule has 0 bridgehead atoms. The van der Waals surface area contributed by atoms with Crippen LogP contribution in [0.25, 0.3) is 0 Å². The minimum absolute atomic E-state index is 0.198. The van der Waals surface area contributed by atoms with Gasteiger partial charge in [0.1, 0.15) is 5.75 Å². The number of carbonyl (C=O) groups is 2. The predicted octanol–water partition coefficient (Wildman–Crippen LogP) is 2.37. The van der Waals surface area contributed by atoms with Crippen LogP contribution in [0.5, 0.6) is 5.75 Å². The number of aliphatic hydroxyl groups is 1. The average Bonchev–Trinajstić information content (AvgIpc) is 2.61. The van der Waals surface area contributed by atoms with Gasteiger partial charge in [0, 0.05) is 11.6 Å². The summed E-state index contributed by atoms with van der Waals surface area (Å²) in [7, 11) is 0. The molecule has 0 saturated carbocycles. The third-order valence-corrected chi connectivity index (χ3v) is 3.00. The van der Waals surface area contributed by atoms with E-state index in [2.05, 4.69) is 6.58 Å². The molecular weight excluding hydrogens is 296 g/mol. The van der Waals surface area contributed by atoms with Gasteiger partial charge in [-0.3, -0.25) is 4.79 Å². The van der Waals surface area contributed by atoms with Crippen molar-refractivity contribution < 1.29 is 24.2 Å². The van der Waals surface area contributed by atoms with Crippen LogP contribution in [0, 0.1) is 0 Å². The van der Waals surface area contributed by atoms with Crippen molar-refractivity contribution in [3.63, 3.8) is 0 Å². The van der Waals surface area contributed by atoms with E-state index in [-0.39, 0.29) is 5.56 Å². The number of hydrogen-bond acceptors (Lipinski definition) is 5. The molecule has 2 rings (SSSR count). The second-order valence-corrected chi connectivity index (χ2v) is 4.71. The Morgan fingerprint density at radius 3 is 2.17 bits per heavy atom. The van der Waals surface area contributed by atoms with Crippen molar-refractivity contribution >= 4 is 11.8 Å². The lowest BCUT2D eigenvalue weighted by Gasteiger charge is -2.25. The molecule has 23 heavy (non-hydrogen) atoms. The monoisotopic (exact) mass is 312 g/mol. The number of ether oxygens (including phenoxy) is 2. The van der Waals surface area contributed by atoms with Crippen molar-refractivity contribution in [3.05, 3.63) is 78.9 Å². The third-order valence-electron chi connectivity index (χ3n) is 3.00. The third kappa shape index (κ3) is 4.28. The summed E-state index contributed by atoms with van der Waals surface area (Å²) in [5.74, 6) is -3.71. The number of esters is 1. The number of benzene rings is 2. The second-order valence-electron chi connectivity index (χ2n) is 4.71. The minimum Gasteiger partial charge on any atom is -0.486 e. The maximum absolute atomic E-state index is 12.5. The van der Waals surface area contributed by atoms with Gasteiger partial charge in [0.25, 0.3) is 0 Å². The molecule has 5 nitrogen and oxygen atoms in total. The molecule has 2 aromatic carbocycles. The van der Waals surface area contributed by atoms with Crippen LogP contribution in [-0.4, -0.2) is 29.3 Å². The van der Waals surface area contributed by atoms with Crippen LogP contribution in [0.3, 0.4) is 0 Å². The van der Waals surface area contributed by atoms with Gasteiger partial charge in [0.2, 0.25) is 5.78 Å². The van der Waals surface area contributed by atoms with Crippen LogP contribution in [-0.2, 0) is 9.53 Å². The highest BCUT2D eigenvalue weighted by Gasteiger charge is 2.41. The van der Waals surface area contributed by atoms with E-state index in [0.29, 0.717) is 5.75 Å². The number of carbonyl (C=O) groups excluding carboxylic acids is 2. The summed E-state index contributed by atoms with van der Waals surface area (Å²) in [6.07, 6.45) is 0.867. The minimum atomic E-state index is -2.44. The highest BCUT2D eigenvalue weighted by molar-refractivity contribution is 6.02. The maximum atomic E-state index is 12.5. The van der Waals surface area contributed by atoms with E-state index in [1.54, 1.807) is 48.5 Å². The molecule has 2 aromatic rings. The van der Waals surface area contributed by atoms with Crippen LogP contribution in [0.15, 0.2) is 73.3 Å². The largest absolute Gasteiger partial charge is 0.486 e. The maximum Gasteiger partial charge on any atom is 0.333 e. The summed E-state index contributed by atoms with van der Waals surface area (Å²) in [5.41, 5.74) is 0.198. The number of Topliss-reactive ketones (excluding diaryl/α,β-unsaturated/α-hetero) is 1. The standard InChI is InChI=1S/C18H16O5/c1-2-16(19)23-18(21,13-22-15-11-7-4-8-12-15)17(20)14-9-5-3-6-10-14/h2-12,21H,1,13H2. The first-order valence-electron chi connectivity index (χ1n) is 6.90. The predicted molar refractivity (Wildman–Crippen MR) is 83.9 cm³/mol. The molecule has 0 aliphatic heterocycles. The van der Waals surface area contributed by atoms with E-state index in [9.17, 15) is 14.7 Å². The molecule has 0 fully saturated rings. The summed E-state index contributed by atoms with van der Waals surface area (Å²) >= 11 is 0. The molecule has 0 radical (unpaired) electrons. The van der Waals surface area contributed by atoms with Gasteiger partial charge >= 0.3 is 11.8 Å². The molecule has 1 N–H and O–H groups in total. The fourth-order valence-corrected chi connectivity index (χ4v) is 1.86. The zero-order valence-electron chi connectivity index (χ0n) is 12.3. The first-order valence-corrected chi connectivity index (χ1v) is 6.90. The Kier molecular flexibility index (Phi) is 5.28. The van der Waals surface area contributed by atoms with Crippen molar-refractivity contribution in [2.24, 2.45) is 0 Å². The van der Waals surface area contributed by atoms with Crippen LogP contribution < -0.4 is 4.74 Å². The van der Waals surface area contributed by atoms with Gasteiger partial charge in [-0.15, -0.1) is 0 Å². The lowest BCUT2D eigenvalue weighted by atomic mass is 10.0. The first-order chi connectivity index (χ1) is 11.0. The molecule has 1 atom stereocenters. The summed E-state index contributed by atoms with van der Waals surface area (Å²) in [5, 5.41) is 10.5. The van der Waals surface area contributed by atoms with Crippen LogP contribution in [0.4, 0.5) is 0 Å². The average molecular weight is 312 g/mol. The van der Waals surface area contributed by atoms with Crippen LogP contribution >= 0.6 is 0 Å². The topological polar surface area (TPSA) is 72.8 Å². The molecule has 0 amide bonds. The Morgan fingerprint density at radius 2 is 1.61 bits per heavy atom. The van der Waals surface area contributed by atoms with Crippen LogP contribution in [0.1, 0.15) is 10.4 Å². The Bertz CT molecular complexity index is 681. The van der Waals surface area contributed by atoms with E-state index in [4.69, 9.17) is 9.47 Å². The van der Waals surface area contributed by atoms with E-state index >= 15 is 0 Å². The Morgan fingerprint density at radius 1 is 1.04 bits per heavy atom. The fraction of sp³-hybridized carbons (Fsp3) is 0.111. The number of rotatable bonds is 7. The van der Waals surface area contributed by atoms with E-state index in [1.807, 2.05) is 0 Å². The second kappa shape index (κ2) is 7.38. The van der Waals surface area contributed by atoms with Gasteiger partial charge in [-0.1, -0.05) is 55.1 Å². The number of ketones is 1. The number of hydrogen-bond donors (Lipinski definition) is 1. The Balaban J connectivity index is 2.22. The van der Waals surface area contributed by atoms with Crippen LogP contribution in [0.2, 0.25) is 0 Å². The zero-order chi connectivity index (χ0) is 16.7. The normalized spacial score (nSPS) is 12.7. The molecule has 0 aromatic heterocycles. The summed E-state index contributed by atoms with van der Waals surface area (Å²) in [4.78, 5) is 24.0. The van der Waals surface area contributed by atoms with Crippen molar-refractivity contribution in [1.82, 2.24) is 0 Å². The molecule has 0 saturated heterocycles. The van der Waals surface area contributed by atoms with E-state index in [1.165, 1.54) is 12.1 Å². The smallest absolute Gasteiger partial charge is 0.333 e. The van der Waals surface area contributed by atoms with Crippen molar-refractivity contribution in [3.8, 4) is 5.75 Å². The lowest BCUT2D eigenvalue weighted by Crippen LogP contribution is -2.48. The van der Waals surface area contributed by atoms with E-state index in [0.717, 1.165) is 6.08 Å². The molecule has 0 heterocycles. The van der Waals surface area contributed by atoms with E-state index < -0.39 is 24.1 Å². The van der Waals surface area contributed by atoms with Crippen molar-refractivity contribution in [2.75, 3.05) is 6.61 Å². The van der Waals surface area contributed by atoms with Gasteiger partial charge in [0.05, 0.1) is 0 Å². The van der Waals surface area contributed by atoms with Gasteiger partial charge in [0.15, 0.2) is 6.61 Å². The van der Waals surface area contributed by atoms with Crippen molar-refractivity contribution in [1.29, 1.82) is 0 Å². The lowest BCUT2D eigenvalue weighted by molar-refractivity contribution is -0.192. The molecule has 1 unspecified atom stereocenters. The highest BCUT2D eigenvalue weighted by atomic mass is 16.7. The summed E-state index contributed by atoms with van der Waals surface area (Å²) < 4.78 is 10.2. The fourth-order valence-electron chi connectivity index (χ4n) is 1.86. The van der Waals surface area contributed by atoms with Gasteiger partial charge in [-0.25, -0.2) is 4.79 Å². The molecule has 0 aliphatic carbocycles. The molecule has 118 valence electrons. The Hall–Kier alpha value is -2.92. The van der Waals surface area contributed by atoms with Crippen molar-refractivity contribution in [2.45, 2.75) is 5.79 Å². The number of para-hydroxylation sites is 1. The first kappa shape index (κ1) is 16.5. The molecule has 5 heteroatoms. The summed E-state index contributed by atoms with van der Waals surface area (Å²) in [6, 6.07) is 16.6. The Labute approximate surface area is 133 Å². The molecular formula is C18H16O5.